The summed E-state index contributed by atoms with van der Waals surface area (Å²) < 4.78 is 6.21. The zero-order valence-electron chi connectivity index (χ0n) is 14.2. The fourth-order valence-electron chi connectivity index (χ4n) is 3.63. The van der Waals surface area contributed by atoms with Gasteiger partial charge >= 0.3 is 0 Å². The molecule has 1 nitrogen and oxygen atoms in total. The van der Waals surface area contributed by atoms with Crippen LogP contribution < -0.4 is 0 Å². The van der Waals surface area contributed by atoms with Crippen LogP contribution in [0.4, 0.5) is 0 Å². The lowest BCUT2D eigenvalue weighted by Gasteiger charge is -2.34. The van der Waals surface area contributed by atoms with Crippen LogP contribution in [-0.2, 0) is 5.41 Å². The van der Waals surface area contributed by atoms with Crippen molar-refractivity contribution >= 4 is 0 Å². The first-order chi connectivity index (χ1) is 12.3. The van der Waals surface area contributed by atoms with E-state index in [4.69, 9.17) is 4.42 Å². The van der Waals surface area contributed by atoms with Gasteiger partial charge in [0.2, 0.25) is 0 Å². The Balaban J connectivity index is 2.12. The summed E-state index contributed by atoms with van der Waals surface area (Å²) in [6, 6.07) is 35.9. The molecule has 1 aromatic heterocycles. The first kappa shape index (κ1) is 15.5. The van der Waals surface area contributed by atoms with Crippen LogP contribution in [0, 0.1) is 6.92 Å². The van der Waals surface area contributed by atoms with Crippen LogP contribution in [0.3, 0.4) is 0 Å². The molecule has 0 saturated heterocycles. The van der Waals surface area contributed by atoms with Crippen LogP contribution in [-0.4, -0.2) is 0 Å². The number of benzene rings is 3. The molecule has 0 aliphatic rings. The Morgan fingerprint density at radius 1 is 0.520 bits per heavy atom. The average molecular weight is 324 g/mol. The van der Waals surface area contributed by atoms with Crippen LogP contribution >= 0.6 is 0 Å². The third kappa shape index (κ3) is 2.58. The maximum Gasteiger partial charge on any atom is 0.123 e. The zero-order chi connectivity index (χ0) is 17.1. The van der Waals surface area contributed by atoms with E-state index in [1.807, 2.05) is 13.0 Å². The van der Waals surface area contributed by atoms with E-state index in [1.165, 1.54) is 16.7 Å². The normalized spacial score (nSPS) is 11.4. The lowest BCUT2D eigenvalue weighted by molar-refractivity contribution is 0.442. The van der Waals surface area contributed by atoms with Crippen molar-refractivity contribution in [3.05, 3.63) is 131 Å². The van der Waals surface area contributed by atoms with Gasteiger partial charge in [0.05, 0.1) is 0 Å². The van der Waals surface area contributed by atoms with Gasteiger partial charge in [-0.05, 0) is 35.7 Å². The molecule has 0 amide bonds. The summed E-state index contributed by atoms with van der Waals surface area (Å²) in [5.41, 5.74) is 3.11. The predicted molar refractivity (Wildman–Crippen MR) is 102 cm³/mol. The summed E-state index contributed by atoms with van der Waals surface area (Å²) >= 11 is 0. The quantitative estimate of drug-likeness (QED) is 0.421. The molecule has 0 saturated carbocycles. The maximum atomic E-state index is 6.21. The van der Waals surface area contributed by atoms with Crippen molar-refractivity contribution in [2.45, 2.75) is 12.3 Å². The van der Waals surface area contributed by atoms with Crippen molar-refractivity contribution in [2.24, 2.45) is 0 Å². The molecule has 0 spiro atoms. The van der Waals surface area contributed by atoms with Crippen LogP contribution in [0.2, 0.25) is 0 Å². The lowest BCUT2D eigenvalue weighted by atomic mass is 9.68. The molecule has 0 radical (unpaired) electrons. The molecule has 0 bridgehead atoms. The summed E-state index contributed by atoms with van der Waals surface area (Å²) in [6.07, 6.45) is 0. The highest BCUT2D eigenvalue weighted by molar-refractivity contribution is 5.57. The minimum Gasteiger partial charge on any atom is -0.465 e. The number of furan rings is 1. The second-order valence-electron chi connectivity index (χ2n) is 6.26. The Morgan fingerprint density at radius 2 is 0.920 bits per heavy atom. The van der Waals surface area contributed by atoms with Gasteiger partial charge in [-0.3, -0.25) is 0 Å². The Hall–Kier alpha value is -3.06. The van der Waals surface area contributed by atoms with Gasteiger partial charge in [-0.2, -0.15) is 0 Å². The first-order valence-electron chi connectivity index (χ1n) is 8.55. The highest BCUT2D eigenvalue weighted by Gasteiger charge is 2.40. The molecule has 0 aliphatic carbocycles. The van der Waals surface area contributed by atoms with Crippen molar-refractivity contribution in [2.75, 3.05) is 0 Å². The zero-order valence-corrected chi connectivity index (χ0v) is 14.2. The summed E-state index contributed by atoms with van der Waals surface area (Å²) in [7, 11) is 0. The van der Waals surface area contributed by atoms with Crippen molar-refractivity contribution in [1.82, 2.24) is 0 Å². The van der Waals surface area contributed by atoms with Crippen molar-refractivity contribution in [1.29, 1.82) is 0 Å². The van der Waals surface area contributed by atoms with E-state index in [-0.39, 0.29) is 0 Å². The molecule has 0 aliphatic heterocycles. The molecular weight excluding hydrogens is 304 g/mol. The fourth-order valence-corrected chi connectivity index (χ4v) is 3.63. The summed E-state index contributed by atoms with van der Waals surface area (Å²) in [4.78, 5) is 0. The number of rotatable bonds is 4. The summed E-state index contributed by atoms with van der Waals surface area (Å²) in [5.74, 6) is 1.86. The molecule has 0 unspecified atom stereocenters. The minimum absolute atomic E-state index is 0.474. The van der Waals surface area contributed by atoms with Crippen LogP contribution in [0.15, 0.2) is 108 Å². The van der Waals surface area contributed by atoms with E-state index in [0.717, 1.165) is 11.5 Å². The van der Waals surface area contributed by atoms with E-state index in [0.29, 0.717) is 0 Å². The highest BCUT2D eigenvalue weighted by atomic mass is 16.3. The molecule has 4 rings (SSSR count). The highest BCUT2D eigenvalue weighted by Crippen LogP contribution is 2.45. The van der Waals surface area contributed by atoms with Gasteiger partial charge in [-0.1, -0.05) is 91.0 Å². The Bertz CT molecular complexity index is 840. The first-order valence-corrected chi connectivity index (χ1v) is 8.55. The fraction of sp³-hybridized carbons (Fsp3) is 0.0833. The predicted octanol–water partition coefficient (Wildman–Crippen LogP) is 5.97. The molecule has 4 aromatic rings. The Labute approximate surface area is 148 Å². The van der Waals surface area contributed by atoms with E-state index >= 15 is 0 Å². The molecule has 25 heavy (non-hydrogen) atoms. The van der Waals surface area contributed by atoms with Crippen molar-refractivity contribution in [3.63, 3.8) is 0 Å². The van der Waals surface area contributed by atoms with E-state index in [9.17, 15) is 0 Å². The van der Waals surface area contributed by atoms with Crippen LogP contribution in [0.5, 0.6) is 0 Å². The summed E-state index contributed by atoms with van der Waals surface area (Å²) in [6.45, 7) is 2.00. The Morgan fingerprint density at radius 3 is 1.24 bits per heavy atom. The average Bonchev–Trinajstić information content (AvgIpc) is 3.12. The van der Waals surface area contributed by atoms with Crippen LogP contribution in [0.1, 0.15) is 28.2 Å². The topological polar surface area (TPSA) is 13.1 Å². The van der Waals surface area contributed by atoms with Crippen molar-refractivity contribution in [3.8, 4) is 0 Å². The van der Waals surface area contributed by atoms with Gasteiger partial charge in [-0.15, -0.1) is 0 Å². The van der Waals surface area contributed by atoms with E-state index in [1.54, 1.807) is 0 Å². The molecular formula is C24H20O. The van der Waals surface area contributed by atoms with Gasteiger partial charge in [0.15, 0.2) is 0 Å². The van der Waals surface area contributed by atoms with Gasteiger partial charge in [0.1, 0.15) is 16.9 Å². The second-order valence-corrected chi connectivity index (χ2v) is 6.26. The van der Waals surface area contributed by atoms with Crippen molar-refractivity contribution < 1.29 is 4.42 Å². The van der Waals surface area contributed by atoms with Gasteiger partial charge in [0.25, 0.3) is 0 Å². The lowest BCUT2D eigenvalue weighted by Crippen LogP contribution is -2.30. The third-order valence-electron chi connectivity index (χ3n) is 4.73. The minimum atomic E-state index is -0.474. The Kier molecular flexibility index (Phi) is 3.99. The van der Waals surface area contributed by atoms with E-state index in [2.05, 4.69) is 97.1 Å². The molecule has 0 N–H and O–H groups in total. The third-order valence-corrected chi connectivity index (χ3v) is 4.73. The van der Waals surface area contributed by atoms with Gasteiger partial charge < -0.3 is 4.42 Å². The number of aryl methyl sites for hydroxylation is 1. The SMILES string of the molecule is Cc1ccc(C(c2ccccc2)(c2ccccc2)c2ccccc2)o1. The maximum absolute atomic E-state index is 6.21. The molecule has 1 heteroatoms. The molecule has 1 heterocycles. The monoisotopic (exact) mass is 324 g/mol. The standard InChI is InChI=1S/C24H20O/c1-19-17-18-23(25-19)24(20-11-5-2-6-12-20,21-13-7-3-8-14-21)22-15-9-4-10-16-22/h2-18H,1H3. The second kappa shape index (κ2) is 6.45. The molecule has 122 valence electrons. The van der Waals surface area contributed by atoms with Gasteiger partial charge in [-0.25, -0.2) is 0 Å². The summed E-state index contributed by atoms with van der Waals surface area (Å²) in [5, 5.41) is 0. The smallest absolute Gasteiger partial charge is 0.123 e. The molecule has 0 atom stereocenters. The number of hydrogen-bond acceptors (Lipinski definition) is 1. The van der Waals surface area contributed by atoms with Gasteiger partial charge in [0, 0.05) is 0 Å². The molecule has 0 fully saturated rings. The largest absolute Gasteiger partial charge is 0.465 e. The molecule has 3 aromatic carbocycles. The van der Waals surface area contributed by atoms with Crippen LogP contribution in [0.25, 0.3) is 0 Å². The van der Waals surface area contributed by atoms with E-state index < -0.39 is 5.41 Å². The number of hydrogen-bond donors (Lipinski definition) is 0.